The van der Waals surface area contributed by atoms with E-state index in [4.69, 9.17) is 14.3 Å². The van der Waals surface area contributed by atoms with E-state index in [9.17, 15) is 26.9 Å². The van der Waals surface area contributed by atoms with Gasteiger partial charge in [-0.05, 0) is 76.9 Å². The molecule has 0 radical (unpaired) electrons. The SMILES string of the molecule is CN(C)C(=O)c1ccc(Oc2ccc3c(c2)CN(C(=O)OCc2ccccc2)CC3)cc1.CN(C)C(On1nnc2ccccc21)=[N+](C)C.F[B-](F)(F)F. The number of halogens is 4. The number of carbonyl (C=O) groups is 2. The van der Waals surface area contributed by atoms with Crippen molar-refractivity contribution >= 4 is 36.3 Å². The van der Waals surface area contributed by atoms with E-state index in [2.05, 4.69) is 10.3 Å². The molecular weight excluding hydrogens is 709 g/mol. The number of aromatic nitrogens is 3. The molecule has 1 aliphatic heterocycles. The van der Waals surface area contributed by atoms with Crippen molar-refractivity contribution in [3.05, 3.63) is 119 Å². The number of benzene rings is 4. The predicted octanol–water partition coefficient (Wildman–Crippen LogP) is 6.23. The molecule has 6 rings (SSSR count). The molecular formula is C37H42BF4N7O5. The van der Waals surface area contributed by atoms with Crippen LogP contribution in [0.25, 0.3) is 11.0 Å². The maximum atomic E-state index is 12.5. The average Bonchev–Trinajstić information content (AvgIpc) is 3.55. The van der Waals surface area contributed by atoms with Crippen LogP contribution in [0, 0.1) is 0 Å². The van der Waals surface area contributed by atoms with Gasteiger partial charge in [0.2, 0.25) is 0 Å². The highest BCUT2D eigenvalue weighted by molar-refractivity contribution is 6.50. The normalized spacial score (nSPS) is 11.9. The standard InChI is InChI=1S/C26H26N2O4.C11H16N5O.BF4/c1-27(2)25(29)21-9-11-23(12-10-21)32-24-13-8-20-14-15-28(17-22(20)16-24)26(30)31-18-19-6-4-3-5-7-19;1-14(2)11(15(3)4)17-16-10-8-6-5-7-9(10)12-13-16;2-1(3,4)5/h3-13,16H,14-15,17-18H2,1-2H3;5-8H,1-4H3;/q;+1;-1. The number of ether oxygens (including phenoxy) is 2. The van der Waals surface area contributed by atoms with Crippen molar-refractivity contribution < 1.29 is 45.7 Å². The molecule has 1 aliphatic rings. The number of amidine groups is 1. The number of rotatable bonds is 6. The Bertz CT molecular complexity index is 2030. The van der Waals surface area contributed by atoms with Crippen LogP contribution >= 0.6 is 0 Å². The lowest BCUT2D eigenvalue weighted by molar-refractivity contribution is -0.480. The van der Waals surface area contributed by atoms with E-state index < -0.39 is 7.25 Å². The minimum Gasteiger partial charge on any atom is -0.457 e. The van der Waals surface area contributed by atoms with Gasteiger partial charge in [0.1, 0.15) is 29.1 Å². The van der Waals surface area contributed by atoms with Gasteiger partial charge in [-0.25, -0.2) is 14.3 Å². The molecule has 17 heteroatoms. The Labute approximate surface area is 310 Å². The highest BCUT2D eigenvalue weighted by Crippen LogP contribution is 2.28. The highest BCUT2D eigenvalue weighted by Gasteiger charge is 2.23. The minimum absolute atomic E-state index is 0.0513. The summed E-state index contributed by atoms with van der Waals surface area (Å²) in [7, 11) is 5.09. The number of carbonyl (C=O) groups excluding carboxylic acids is 2. The van der Waals surface area contributed by atoms with Gasteiger partial charge in [0.05, 0.1) is 28.2 Å². The third-order valence-electron chi connectivity index (χ3n) is 7.65. The van der Waals surface area contributed by atoms with Gasteiger partial charge < -0.3 is 36.5 Å². The molecule has 4 aromatic carbocycles. The van der Waals surface area contributed by atoms with Crippen molar-refractivity contribution in [1.29, 1.82) is 0 Å². The van der Waals surface area contributed by atoms with Crippen molar-refractivity contribution in [1.82, 2.24) is 29.9 Å². The monoisotopic (exact) mass is 751 g/mol. The Morgan fingerprint density at radius 2 is 1.44 bits per heavy atom. The lowest BCUT2D eigenvalue weighted by atomic mass is 10.00. The molecule has 0 saturated carbocycles. The van der Waals surface area contributed by atoms with Gasteiger partial charge >= 0.3 is 19.4 Å². The molecule has 0 unspecified atom stereocenters. The first-order valence-electron chi connectivity index (χ1n) is 16.7. The molecule has 0 bridgehead atoms. The van der Waals surface area contributed by atoms with Crippen LogP contribution in [-0.4, -0.2) is 109 Å². The summed E-state index contributed by atoms with van der Waals surface area (Å²) in [6.07, 6.45) is 0.462. The van der Waals surface area contributed by atoms with Crippen molar-refractivity contribution in [2.75, 3.05) is 48.8 Å². The first kappa shape index (κ1) is 40.6. The molecule has 2 heterocycles. The summed E-state index contributed by atoms with van der Waals surface area (Å²) in [5.74, 6) is 1.29. The number of fused-ring (bicyclic) bond motifs is 2. The largest absolute Gasteiger partial charge is 0.673 e. The van der Waals surface area contributed by atoms with Crippen LogP contribution in [0.15, 0.2) is 97.1 Å². The smallest absolute Gasteiger partial charge is 0.457 e. The molecule has 286 valence electrons. The lowest BCUT2D eigenvalue weighted by Crippen LogP contribution is -2.39. The van der Waals surface area contributed by atoms with Crippen LogP contribution in [0.1, 0.15) is 27.0 Å². The second kappa shape index (κ2) is 18.6. The third kappa shape index (κ3) is 12.2. The number of para-hydroxylation sites is 1. The van der Waals surface area contributed by atoms with E-state index in [1.165, 1.54) is 15.3 Å². The molecule has 2 amide bonds. The quantitative estimate of drug-likeness (QED) is 0.0662. The van der Waals surface area contributed by atoms with Gasteiger partial charge in [0, 0.05) is 32.7 Å². The van der Waals surface area contributed by atoms with Crippen molar-refractivity contribution in [3.63, 3.8) is 0 Å². The van der Waals surface area contributed by atoms with Gasteiger partial charge in [-0.2, -0.15) is 0 Å². The second-order valence-electron chi connectivity index (χ2n) is 12.6. The molecule has 0 fully saturated rings. The predicted molar refractivity (Wildman–Crippen MR) is 197 cm³/mol. The molecule has 0 saturated heterocycles. The van der Waals surface area contributed by atoms with Crippen molar-refractivity contribution in [3.8, 4) is 11.5 Å². The summed E-state index contributed by atoms with van der Waals surface area (Å²) >= 11 is 0. The Kier molecular flexibility index (Phi) is 14.0. The molecule has 54 heavy (non-hydrogen) atoms. The fraction of sp³-hybridized carbons (Fsp3) is 0.270. The van der Waals surface area contributed by atoms with Crippen LogP contribution in [0.3, 0.4) is 0 Å². The second-order valence-corrected chi connectivity index (χ2v) is 12.6. The van der Waals surface area contributed by atoms with Crippen LogP contribution in [0.2, 0.25) is 0 Å². The van der Waals surface area contributed by atoms with E-state index in [1.54, 1.807) is 43.3 Å². The Hall–Kier alpha value is -6.13. The first-order valence-corrected chi connectivity index (χ1v) is 16.7. The summed E-state index contributed by atoms with van der Waals surface area (Å²) in [6.45, 7) is 1.37. The topological polar surface area (TPSA) is 105 Å². The number of amides is 2. The highest BCUT2D eigenvalue weighted by atomic mass is 19.5. The zero-order valence-electron chi connectivity index (χ0n) is 30.8. The molecule has 12 nitrogen and oxygen atoms in total. The molecule has 0 atom stereocenters. The third-order valence-corrected chi connectivity index (χ3v) is 7.65. The van der Waals surface area contributed by atoms with Crippen LogP contribution < -0.4 is 9.57 Å². The summed E-state index contributed by atoms with van der Waals surface area (Å²) in [5, 5.41) is 8.00. The van der Waals surface area contributed by atoms with Gasteiger partial charge in [-0.15, -0.1) is 5.10 Å². The van der Waals surface area contributed by atoms with Gasteiger partial charge in [-0.1, -0.05) is 53.4 Å². The number of hydrogen-bond donors (Lipinski definition) is 0. The molecule has 0 N–H and O–H groups in total. The van der Waals surface area contributed by atoms with Crippen LogP contribution in [0.4, 0.5) is 22.1 Å². The summed E-state index contributed by atoms with van der Waals surface area (Å²) in [6, 6.07) is 31.0. The summed E-state index contributed by atoms with van der Waals surface area (Å²) < 4.78 is 52.3. The molecule has 0 spiro atoms. The zero-order valence-corrected chi connectivity index (χ0v) is 30.8. The zero-order chi connectivity index (χ0) is 39.4. The maximum absolute atomic E-state index is 12.5. The number of hydrogen-bond acceptors (Lipinski definition) is 7. The van der Waals surface area contributed by atoms with E-state index in [1.807, 2.05) is 110 Å². The lowest BCUT2D eigenvalue weighted by Gasteiger charge is -2.28. The van der Waals surface area contributed by atoms with E-state index in [-0.39, 0.29) is 18.6 Å². The summed E-state index contributed by atoms with van der Waals surface area (Å²) in [4.78, 5) is 36.8. The fourth-order valence-electron chi connectivity index (χ4n) is 5.18. The number of nitrogens with zero attached hydrogens (tertiary/aromatic N) is 7. The molecule has 5 aromatic rings. The van der Waals surface area contributed by atoms with Crippen molar-refractivity contribution in [2.24, 2.45) is 0 Å². The fourth-order valence-corrected chi connectivity index (χ4v) is 5.18. The van der Waals surface area contributed by atoms with Crippen molar-refractivity contribution in [2.45, 2.75) is 19.6 Å². The summed E-state index contributed by atoms with van der Waals surface area (Å²) in [5.41, 5.74) is 5.48. The van der Waals surface area contributed by atoms with E-state index in [0.29, 0.717) is 36.2 Å². The Morgan fingerprint density at radius 1 is 0.815 bits per heavy atom. The maximum Gasteiger partial charge on any atom is 0.673 e. The first-order chi connectivity index (χ1) is 25.6. The molecule has 0 aliphatic carbocycles. The average molecular weight is 752 g/mol. The van der Waals surface area contributed by atoms with Gasteiger partial charge in [-0.3, -0.25) is 9.63 Å². The Morgan fingerprint density at radius 3 is 2.07 bits per heavy atom. The Balaban J connectivity index is 0.000000246. The van der Waals surface area contributed by atoms with Crippen LogP contribution in [0.5, 0.6) is 11.5 Å². The minimum atomic E-state index is -6.00. The van der Waals surface area contributed by atoms with Gasteiger partial charge in [0.15, 0.2) is 0 Å². The van der Waals surface area contributed by atoms with E-state index >= 15 is 0 Å². The van der Waals surface area contributed by atoms with E-state index in [0.717, 1.165) is 28.6 Å². The molecule has 1 aromatic heterocycles. The van der Waals surface area contributed by atoms with Gasteiger partial charge in [0.25, 0.3) is 5.91 Å². The van der Waals surface area contributed by atoms with Crippen LogP contribution in [-0.2, 0) is 24.3 Å².